The number of aryl methyl sites for hydroxylation is 1. The minimum atomic E-state index is -0.351. The number of hydrogen-bond acceptors (Lipinski definition) is 5. The van der Waals surface area contributed by atoms with Crippen LogP contribution < -0.4 is 5.32 Å². The summed E-state index contributed by atoms with van der Waals surface area (Å²) in [6.07, 6.45) is 7.69. The molecule has 1 saturated heterocycles. The molecule has 1 fully saturated rings. The highest BCUT2D eigenvalue weighted by atomic mass is 16.5. The number of carbonyl (C=O) groups excluding carboxylic acids is 2. The van der Waals surface area contributed by atoms with Crippen LogP contribution in [0.25, 0.3) is 0 Å². The number of nitrogens with one attached hydrogen (secondary N) is 1. The highest BCUT2D eigenvalue weighted by molar-refractivity contribution is 6.07. The van der Waals surface area contributed by atoms with Crippen molar-refractivity contribution in [2.45, 2.75) is 51.7 Å². The second-order valence-corrected chi connectivity index (χ2v) is 6.67. The van der Waals surface area contributed by atoms with Gasteiger partial charge in [0.15, 0.2) is 11.5 Å². The van der Waals surface area contributed by atoms with E-state index in [2.05, 4.69) is 10.4 Å². The third kappa shape index (κ3) is 3.11. The Kier molecular flexibility index (Phi) is 4.17. The number of rotatable bonds is 4. The van der Waals surface area contributed by atoms with Gasteiger partial charge >= 0.3 is 0 Å². The van der Waals surface area contributed by atoms with Crippen LogP contribution in [0.1, 0.15) is 57.9 Å². The minimum Gasteiger partial charge on any atom is -0.455 e. The quantitative estimate of drug-likeness (QED) is 0.922. The van der Waals surface area contributed by atoms with Gasteiger partial charge in [0.1, 0.15) is 5.76 Å². The Morgan fingerprint density at radius 3 is 3.04 bits per heavy atom. The first kappa shape index (κ1) is 16.1. The molecule has 25 heavy (non-hydrogen) atoms. The summed E-state index contributed by atoms with van der Waals surface area (Å²) >= 11 is 0. The summed E-state index contributed by atoms with van der Waals surface area (Å²) in [5, 5.41) is 7.06. The molecular weight excluding hydrogens is 322 g/mol. The van der Waals surface area contributed by atoms with Crippen molar-refractivity contribution >= 4 is 17.4 Å². The molecule has 0 aromatic carbocycles. The molecule has 2 aromatic rings. The van der Waals surface area contributed by atoms with Crippen molar-refractivity contribution in [3.8, 4) is 0 Å². The predicted octanol–water partition coefficient (Wildman–Crippen LogP) is 2.73. The highest BCUT2D eigenvalue weighted by Crippen LogP contribution is 2.29. The first-order chi connectivity index (χ1) is 12.1. The molecule has 1 aliphatic heterocycles. The van der Waals surface area contributed by atoms with Crippen LogP contribution in [0.5, 0.6) is 0 Å². The van der Waals surface area contributed by atoms with Crippen LogP contribution in [0.4, 0.5) is 5.69 Å². The number of aromatic nitrogens is 2. The maximum absolute atomic E-state index is 12.5. The molecule has 3 heterocycles. The number of carbonyl (C=O) groups is 2. The largest absolute Gasteiger partial charge is 0.455 e. The third-order valence-electron chi connectivity index (χ3n) is 4.82. The summed E-state index contributed by atoms with van der Waals surface area (Å²) in [6.45, 7) is 3.25. The molecule has 0 spiro atoms. The Morgan fingerprint density at radius 1 is 1.40 bits per heavy atom. The average molecular weight is 343 g/mol. The smallest absolute Gasteiger partial charge is 0.291 e. The van der Waals surface area contributed by atoms with E-state index in [1.54, 1.807) is 24.0 Å². The molecule has 1 N–H and O–H groups in total. The van der Waals surface area contributed by atoms with E-state index < -0.39 is 0 Å². The van der Waals surface area contributed by atoms with Crippen LogP contribution in [0, 0.1) is 6.92 Å². The van der Waals surface area contributed by atoms with Crippen LogP contribution >= 0.6 is 0 Å². The average Bonchev–Trinajstić information content (AvgIpc) is 3.30. The molecule has 1 aliphatic carbocycles. The van der Waals surface area contributed by atoms with Gasteiger partial charge in [-0.05, 0) is 26.2 Å². The first-order valence-electron chi connectivity index (χ1n) is 8.72. The van der Waals surface area contributed by atoms with Gasteiger partial charge in [-0.1, -0.05) is 0 Å². The van der Waals surface area contributed by atoms with E-state index in [4.69, 9.17) is 9.15 Å². The molecule has 132 valence electrons. The van der Waals surface area contributed by atoms with Gasteiger partial charge in [0.25, 0.3) is 5.91 Å². The molecule has 7 nitrogen and oxygen atoms in total. The zero-order valence-electron chi connectivity index (χ0n) is 14.2. The van der Waals surface area contributed by atoms with Crippen LogP contribution in [0.2, 0.25) is 0 Å². The second kappa shape index (κ2) is 6.48. The van der Waals surface area contributed by atoms with Gasteiger partial charge in [0, 0.05) is 31.2 Å². The van der Waals surface area contributed by atoms with E-state index in [0.717, 1.165) is 25.9 Å². The van der Waals surface area contributed by atoms with Crippen molar-refractivity contribution in [3.63, 3.8) is 0 Å². The number of Topliss-reactive ketones (excluding diaryl/α,β-unsaturated/α-hetero) is 1. The Bertz CT molecular complexity index is 814. The Labute approximate surface area is 145 Å². The third-order valence-corrected chi connectivity index (χ3v) is 4.82. The normalized spacial score (nSPS) is 19.9. The lowest BCUT2D eigenvalue weighted by Gasteiger charge is -2.08. The van der Waals surface area contributed by atoms with Gasteiger partial charge in [-0.25, -0.2) is 0 Å². The Hall–Kier alpha value is -2.41. The molecule has 0 unspecified atom stereocenters. The van der Waals surface area contributed by atoms with Crippen molar-refractivity contribution in [2.24, 2.45) is 0 Å². The van der Waals surface area contributed by atoms with Gasteiger partial charge in [0.05, 0.1) is 30.1 Å². The van der Waals surface area contributed by atoms with Crippen molar-refractivity contribution in [3.05, 3.63) is 35.0 Å². The molecule has 0 radical (unpaired) electrons. The van der Waals surface area contributed by atoms with Crippen LogP contribution in [0.3, 0.4) is 0 Å². The molecule has 2 aromatic heterocycles. The maximum atomic E-state index is 12.5. The lowest BCUT2D eigenvalue weighted by Crippen LogP contribution is -2.15. The fourth-order valence-electron chi connectivity index (χ4n) is 3.58. The zero-order valence-corrected chi connectivity index (χ0v) is 14.2. The number of fused-ring (bicyclic) bond motifs is 1. The molecule has 4 rings (SSSR count). The van der Waals surface area contributed by atoms with Crippen LogP contribution in [0.15, 0.2) is 16.8 Å². The van der Waals surface area contributed by atoms with Crippen molar-refractivity contribution < 1.29 is 18.7 Å². The second-order valence-electron chi connectivity index (χ2n) is 6.67. The van der Waals surface area contributed by atoms with Crippen LogP contribution in [-0.4, -0.2) is 34.2 Å². The molecule has 7 heteroatoms. The van der Waals surface area contributed by atoms with E-state index in [1.807, 2.05) is 0 Å². The summed E-state index contributed by atoms with van der Waals surface area (Å²) in [5.41, 5.74) is 1.82. The highest BCUT2D eigenvalue weighted by Gasteiger charge is 2.29. The fourth-order valence-corrected chi connectivity index (χ4v) is 3.58. The van der Waals surface area contributed by atoms with E-state index in [9.17, 15) is 9.59 Å². The Morgan fingerprint density at radius 2 is 2.28 bits per heavy atom. The number of ether oxygens (including phenoxy) is 1. The molecule has 2 aliphatic rings. The van der Waals surface area contributed by atoms with Gasteiger partial charge in [0.2, 0.25) is 0 Å². The number of amides is 1. The van der Waals surface area contributed by atoms with Gasteiger partial charge in [-0.15, -0.1) is 0 Å². The van der Waals surface area contributed by atoms with Crippen molar-refractivity contribution in [2.75, 3.05) is 11.9 Å². The topological polar surface area (TPSA) is 86.4 Å². The van der Waals surface area contributed by atoms with E-state index in [0.29, 0.717) is 42.0 Å². The lowest BCUT2D eigenvalue weighted by molar-refractivity contribution is 0.0939. The summed E-state index contributed by atoms with van der Waals surface area (Å²) in [6, 6.07) is 0. The van der Waals surface area contributed by atoms with Gasteiger partial charge < -0.3 is 14.5 Å². The fraction of sp³-hybridized carbons (Fsp3) is 0.500. The monoisotopic (exact) mass is 343 g/mol. The summed E-state index contributed by atoms with van der Waals surface area (Å²) in [7, 11) is 0. The number of hydrogen-bond donors (Lipinski definition) is 1. The molecule has 1 amide bonds. The maximum Gasteiger partial charge on any atom is 0.291 e. The SMILES string of the molecule is Cc1c(C(=O)Nc2cnn(C[C@@H]3CCCO3)c2)oc2c1C(=O)CCC2. The zero-order chi connectivity index (χ0) is 17.4. The Balaban J connectivity index is 1.47. The molecular formula is C18H21N3O4. The molecule has 0 saturated carbocycles. The van der Waals surface area contributed by atoms with Crippen molar-refractivity contribution in [1.29, 1.82) is 0 Å². The number of nitrogens with zero attached hydrogens (tertiary/aromatic N) is 2. The van der Waals surface area contributed by atoms with E-state index >= 15 is 0 Å². The molecule has 0 bridgehead atoms. The summed E-state index contributed by atoms with van der Waals surface area (Å²) in [5.74, 6) is 0.558. The first-order valence-corrected chi connectivity index (χ1v) is 8.72. The summed E-state index contributed by atoms with van der Waals surface area (Å²) in [4.78, 5) is 24.6. The predicted molar refractivity (Wildman–Crippen MR) is 89.9 cm³/mol. The minimum absolute atomic E-state index is 0.0610. The number of furan rings is 1. The number of ketones is 1. The standard InChI is InChI=1S/C18H21N3O4/c1-11-16-14(22)5-2-6-15(16)25-17(11)18(23)20-12-8-19-21(9-12)10-13-4-3-7-24-13/h8-9,13H,2-7,10H2,1H3,(H,20,23)/t13-/m0/s1. The van der Waals surface area contributed by atoms with Gasteiger partial charge in [-0.3, -0.25) is 14.3 Å². The number of anilines is 1. The van der Waals surface area contributed by atoms with E-state index in [1.165, 1.54) is 0 Å². The molecule has 1 atom stereocenters. The lowest BCUT2D eigenvalue weighted by atomic mass is 9.94. The van der Waals surface area contributed by atoms with E-state index in [-0.39, 0.29) is 23.6 Å². The van der Waals surface area contributed by atoms with Crippen LogP contribution in [-0.2, 0) is 17.7 Å². The van der Waals surface area contributed by atoms with Gasteiger partial charge in [-0.2, -0.15) is 5.10 Å². The van der Waals surface area contributed by atoms with Crippen molar-refractivity contribution in [1.82, 2.24) is 9.78 Å². The summed E-state index contributed by atoms with van der Waals surface area (Å²) < 4.78 is 13.0.